The number of pyridine rings is 1. The third kappa shape index (κ3) is 3.83. The molecule has 3 aromatic rings. The van der Waals surface area contributed by atoms with E-state index in [4.69, 9.17) is 0 Å². The van der Waals surface area contributed by atoms with E-state index in [9.17, 15) is 14.4 Å². The Hall–Kier alpha value is -3.27. The minimum absolute atomic E-state index is 0.209. The molecule has 29 heavy (non-hydrogen) atoms. The predicted molar refractivity (Wildman–Crippen MR) is 108 cm³/mol. The number of hydrogen-bond acceptors (Lipinski definition) is 6. The van der Waals surface area contributed by atoms with Crippen LogP contribution in [0.1, 0.15) is 42.6 Å². The van der Waals surface area contributed by atoms with Crippen LogP contribution >= 0.6 is 0 Å². The molecule has 4 rings (SSSR count). The number of carbonyl (C=O) groups is 1. The van der Waals surface area contributed by atoms with E-state index in [2.05, 4.69) is 25.7 Å². The maximum atomic E-state index is 12.6. The number of carbonyl (C=O) groups excluding carboxylic acids is 1. The largest absolute Gasteiger partial charge is 0.329 e. The summed E-state index contributed by atoms with van der Waals surface area (Å²) in [6.45, 7) is 4.27. The van der Waals surface area contributed by atoms with Gasteiger partial charge in [0.1, 0.15) is 5.65 Å². The van der Waals surface area contributed by atoms with Crippen molar-refractivity contribution in [3.05, 3.63) is 51.1 Å². The molecule has 0 spiro atoms. The number of anilines is 1. The molecule has 1 aliphatic heterocycles. The Labute approximate surface area is 166 Å². The molecule has 10 heteroatoms. The Morgan fingerprint density at radius 3 is 2.97 bits per heavy atom. The van der Waals surface area contributed by atoms with Crippen molar-refractivity contribution in [3.63, 3.8) is 0 Å². The van der Waals surface area contributed by atoms with Crippen molar-refractivity contribution in [1.82, 2.24) is 29.6 Å². The zero-order valence-electron chi connectivity index (χ0n) is 16.1. The van der Waals surface area contributed by atoms with Crippen LogP contribution in [0.4, 0.5) is 5.69 Å². The molecule has 152 valence electrons. The van der Waals surface area contributed by atoms with Crippen LogP contribution < -0.4 is 21.9 Å². The van der Waals surface area contributed by atoms with Gasteiger partial charge in [0.25, 0.3) is 11.5 Å². The number of aromatic nitrogens is 5. The van der Waals surface area contributed by atoms with Gasteiger partial charge in [-0.05, 0) is 25.5 Å². The van der Waals surface area contributed by atoms with Crippen LogP contribution in [-0.4, -0.2) is 43.3 Å². The van der Waals surface area contributed by atoms with Crippen molar-refractivity contribution in [1.29, 1.82) is 0 Å². The van der Waals surface area contributed by atoms with Crippen molar-refractivity contribution in [2.75, 3.05) is 18.4 Å². The molecule has 3 aromatic heterocycles. The van der Waals surface area contributed by atoms with Gasteiger partial charge < -0.3 is 10.6 Å². The lowest BCUT2D eigenvalue weighted by Crippen LogP contribution is -2.31. The lowest BCUT2D eigenvalue weighted by molar-refractivity contribution is 0.102. The number of aromatic amines is 1. The van der Waals surface area contributed by atoms with Crippen LogP contribution in [-0.2, 0) is 6.54 Å². The van der Waals surface area contributed by atoms with Crippen LogP contribution in [0.2, 0.25) is 0 Å². The van der Waals surface area contributed by atoms with E-state index in [1.54, 1.807) is 12.4 Å². The maximum Gasteiger partial charge on any atom is 0.329 e. The van der Waals surface area contributed by atoms with Crippen molar-refractivity contribution in [2.24, 2.45) is 0 Å². The smallest absolute Gasteiger partial charge is 0.319 e. The molecule has 0 bridgehead atoms. The van der Waals surface area contributed by atoms with E-state index in [0.29, 0.717) is 12.2 Å². The minimum atomic E-state index is -0.554. The topological polar surface area (TPSA) is 127 Å². The highest BCUT2D eigenvalue weighted by Gasteiger charge is 2.18. The minimum Gasteiger partial charge on any atom is -0.319 e. The number of nitrogens with zero attached hydrogens (tertiary/aromatic N) is 4. The quantitative estimate of drug-likeness (QED) is 0.566. The van der Waals surface area contributed by atoms with Gasteiger partial charge in [-0.2, -0.15) is 5.10 Å². The van der Waals surface area contributed by atoms with Crippen molar-refractivity contribution in [3.8, 4) is 0 Å². The number of nitrogens with one attached hydrogen (secondary N) is 3. The SMILES string of the molecule is CCCCn1c(=O)[nH]c(=O)c2cc(C(=O)Nc3cnn(C4CCNC4)c3)cnc21. The van der Waals surface area contributed by atoms with Crippen LogP contribution in [0, 0.1) is 0 Å². The lowest BCUT2D eigenvalue weighted by Gasteiger charge is -2.09. The number of aryl methyl sites for hydroxylation is 1. The Morgan fingerprint density at radius 2 is 2.21 bits per heavy atom. The van der Waals surface area contributed by atoms with Crippen molar-refractivity contribution in [2.45, 2.75) is 38.8 Å². The summed E-state index contributed by atoms with van der Waals surface area (Å²) >= 11 is 0. The first-order chi connectivity index (χ1) is 14.1. The van der Waals surface area contributed by atoms with E-state index in [0.717, 1.165) is 32.4 Å². The van der Waals surface area contributed by atoms with Crippen LogP contribution in [0.25, 0.3) is 11.0 Å². The van der Waals surface area contributed by atoms with Crippen molar-refractivity contribution < 1.29 is 4.79 Å². The molecule has 1 amide bonds. The highest BCUT2D eigenvalue weighted by atomic mass is 16.2. The highest BCUT2D eigenvalue weighted by Crippen LogP contribution is 2.17. The highest BCUT2D eigenvalue weighted by molar-refractivity contribution is 6.05. The van der Waals surface area contributed by atoms with E-state index >= 15 is 0 Å². The van der Waals surface area contributed by atoms with Crippen LogP contribution in [0.3, 0.4) is 0 Å². The monoisotopic (exact) mass is 397 g/mol. The fourth-order valence-corrected chi connectivity index (χ4v) is 3.49. The first-order valence-corrected chi connectivity index (χ1v) is 9.76. The van der Waals surface area contributed by atoms with Crippen molar-refractivity contribution >= 4 is 22.6 Å². The molecule has 0 aromatic carbocycles. The fourth-order valence-electron chi connectivity index (χ4n) is 3.49. The van der Waals surface area contributed by atoms with E-state index < -0.39 is 17.2 Å². The number of unbranched alkanes of at least 4 members (excludes halogenated alkanes) is 1. The van der Waals surface area contributed by atoms with Gasteiger partial charge in [-0.15, -0.1) is 0 Å². The second-order valence-electron chi connectivity index (χ2n) is 7.17. The summed E-state index contributed by atoms with van der Waals surface area (Å²) in [5.74, 6) is -0.394. The average Bonchev–Trinajstić information content (AvgIpc) is 3.39. The Kier molecular flexibility index (Phi) is 5.26. The third-order valence-corrected chi connectivity index (χ3v) is 5.10. The summed E-state index contributed by atoms with van der Waals surface area (Å²) < 4.78 is 3.27. The molecule has 1 aliphatic rings. The number of H-pyrrole nitrogens is 1. The molecular formula is C19H23N7O3. The molecule has 1 fully saturated rings. The lowest BCUT2D eigenvalue weighted by atomic mass is 10.2. The van der Waals surface area contributed by atoms with Gasteiger partial charge in [-0.1, -0.05) is 13.3 Å². The number of rotatable bonds is 6. The number of amides is 1. The van der Waals surface area contributed by atoms with Gasteiger partial charge >= 0.3 is 5.69 Å². The molecule has 1 saturated heterocycles. The van der Waals surface area contributed by atoms with E-state index in [-0.39, 0.29) is 22.6 Å². The molecule has 1 atom stereocenters. The normalized spacial score (nSPS) is 16.4. The molecule has 10 nitrogen and oxygen atoms in total. The zero-order chi connectivity index (χ0) is 20.4. The summed E-state index contributed by atoms with van der Waals surface area (Å²) in [4.78, 5) is 43.5. The van der Waals surface area contributed by atoms with Gasteiger partial charge in [0.15, 0.2) is 0 Å². The van der Waals surface area contributed by atoms with Gasteiger partial charge in [-0.3, -0.25) is 23.8 Å². The Balaban J connectivity index is 1.59. The molecule has 0 aliphatic carbocycles. The number of hydrogen-bond donors (Lipinski definition) is 3. The van der Waals surface area contributed by atoms with Gasteiger partial charge in [-0.25, -0.2) is 9.78 Å². The first kappa shape index (κ1) is 19.1. The second-order valence-corrected chi connectivity index (χ2v) is 7.17. The molecule has 1 unspecified atom stereocenters. The van der Waals surface area contributed by atoms with Gasteiger partial charge in [0.05, 0.1) is 28.9 Å². The van der Waals surface area contributed by atoms with Gasteiger partial charge in [0, 0.05) is 25.5 Å². The fraction of sp³-hybridized carbons (Fsp3) is 0.421. The summed E-state index contributed by atoms with van der Waals surface area (Å²) in [5, 5.41) is 10.6. The number of fused-ring (bicyclic) bond motifs is 1. The Morgan fingerprint density at radius 1 is 1.34 bits per heavy atom. The predicted octanol–water partition coefficient (Wildman–Crippen LogP) is 0.868. The van der Waals surface area contributed by atoms with E-state index in [1.807, 2.05) is 11.6 Å². The standard InChI is InChI=1S/C19H23N7O3/c1-2-3-6-25-16-15(18(28)24-19(25)29)7-12(8-21-16)17(27)23-13-9-22-26(11-13)14-4-5-20-10-14/h7-9,11,14,20H,2-6,10H2,1H3,(H,23,27)(H,24,28,29). The van der Waals surface area contributed by atoms with Gasteiger partial charge in [0.2, 0.25) is 0 Å². The molecule has 3 N–H and O–H groups in total. The molecular weight excluding hydrogens is 374 g/mol. The second kappa shape index (κ2) is 8.00. The molecule has 4 heterocycles. The third-order valence-electron chi connectivity index (χ3n) is 5.10. The Bertz CT molecular complexity index is 1150. The van der Waals surface area contributed by atoms with E-state index in [1.165, 1.54) is 16.8 Å². The van der Waals surface area contributed by atoms with Crippen LogP contribution in [0.15, 0.2) is 34.2 Å². The average molecular weight is 397 g/mol. The van der Waals surface area contributed by atoms with Crippen LogP contribution in [0.5, 0.6) is 0 Å². The summed E-state index contributed by atoms with van der Waals surface area (Å²) in [6, 6.07) is 1.74. The first-order valence-electron chi connectivity index (χ1n) is 9.76. The molecule has 0 radical (unpaired) electrons. The molecule has 0 saturated carbocycles. The zero-order valence-corrected chi connectivity index (χ0v) is 16.1. The maximum absolute atomic E-state index is 12.6. The summed E-state index contributed by atoms with van der Waals surface area (Å²) in [6.07, 6.45) is 7.44. The summed E-state index contributed by atoms with van der Waals surface area (Å²) in [5.41, 5.74) is 0.0454. The summed E-state index contributed by atoms with van der Waals surface area (Å²) in [7, 11) is 0.